The number of benzene rings is 2. The summed E-state index contributed by atoms with van der Waals surface area (Å²) in [6.45, 7) is 7.01. The first-order chi connectivity index (χ1) is 11.4. The molecule has 2 rings (SSSR count). The van der Waals surface area contributed by atoms with Gasteiger partial charge in [-0.2, -0.15) is 0 Å². The van der Waals surface area contributed by atoms with Gasteiger partial charge in [0.15, 0.2) is 0 Å². The second-order valence-electron chi connectivity index (χ2n) is 6.69. The molecule has 0 aliphatic carbocycles. The van der Waals surface area contributed by atoms with Gasteiger partial charge in [0.05, 0.1) is 17.7 Å². The van der Waals surface area contributed by atoms with Gasteiger partial charge in [0, 0.05) is 8.07 Å². The summed E-state index contributed by atoms with van der Waals surface area (Å²) < 4.78 is 10.6. The summed E-state index contributed by atoms with van der Waals surface area (Å²) >= 11 is 0. The first kappa shape index (κ1) is 17.9. The van der Waals surface area contributed by atoms with Crippen LogP contribution in [0.2, 0.25) is 25.7 Å². The highest BCUT2D eigenvalue weighted by molar-refractivity contribution is 6.76. The predicted molar refractivity (Wildman–Crippen MR) is 96.3 cm³/mol. The van der Waals surface area contributed by atoms with Crippen molar-refractivity contribution in [3.8, 4) is 5.75 Å². The van der Waals surface area contributed by atoms with Crippen LogP contribution in [0.5, 0.6) is 5.75 Å². The monoisotopic (exact) mass is 342 g/mol. The number of rotatable bonds is 6. The van der Waals surface area contributed by atoms with Crippen LogP contribution in [-0.2, 0) is 4.74 Å². The molecule has 0 heterocycles. The molecule has 4 nitrogen and oxygen atoms in total. The molecule has 0 saturated carbocycles. The van der Waals surface area contributed by atoms with E-state index >= 15 is 0 Å². The number of hydrogen-bond acceptors (Lipinski definition) is 4. The summed E-state index contributed by atoms with van der Waals surface area (Å²) in [6, 6.07) is 16.2. The zero-order chi connectivity index (χ0) is 17.6. The molecule has 2 aromatic carbocycles. The quantitative estimate of drug-likeness (QED) is 0.443. The molecule has 0 N–H and O–H groups in total. The molecule has 0 saturated heterocycles. The Kier molecular flexibility index (Phi) is 5.92. The van der Waals surface area contributed by atoms with Gasteiger partial charge in [0.2, 0.25) is 0 Å². The number of esters is 2. The first-order valence-corrected chi connectivity index (χ1v) is 11.6. The fourth-order valence-electron chi connectivity index (χ4n) is 2.02. The highest BCUT2D eigenvalue weighted by atomic mass is 28.3. The molecular formula is C19H22O4Si. The van der Waals surface area contributed by atoms with Gasteiger partial charge in [-0.1, -0.05) is 50.0 Å². The van der Waals surface area contributed by atoms with E-state index in [2.05, 4.69) is 19.6 Å². The van der Waals surface area contributed by atoms with Gasteiger partial charge >= 0.3 is 11.9 Å². The molecular weight excluding hydrogens is 320 g/mol. The second-order valence-corrected chi connectivity index (χ2v) is 12.3. The van der Waals surface area contributed by atoms with Crippen molar-refractivity contribution in [3.63, 3.8) is 0 Å². The van der Waals surface area contributed by atoms with Gasteiger partial charge in [-0.15, -0.1) is 0 Å². The Morgan fingerprint density at radius 1 is 0.833 bits per heavy atom. The first-order valence-electron chi connectivity index (χ1n) is 7.90. The van der Waals surface area contributed by atoms with E-state index in [9.17, 15) is 9.59 Å². The summed E-state index contributed by atoms with van der Waals surface area (Å²) in [4.78, 5) is 24.6. The van der Waals surface area contributed by atoms with E-state index in [1.54, 1.807) is 48.5 Å². The summed E-state index contributed by atoms with van der Waals surface area (Å²) in [5.74, 6) is -0.628. The molecule has 0 amide bonds. The van der Waals surface area contributed by atoms with Crippen molar-refractivity contribution in [2.75, 3.05) is 6.61 Å². The largest absolute Gasteiger partial charge is 0.462 e. The minimum atomic E-state index is -1.28. The average Bonchev–Trinajstić information content (AvgIpc) is 2.54. The lowest BCUT2D eigenvalue weighted by atomic mass is 10.1. The maximum Gasteiger partial charge on any atom is 0.344 e. The van der Waals surface area contributed by atoms with Gasteiger partial charge in [0.1, 0.15) is 5.75 Å². The van der Waals surface area contributed by atoms with E-state index in [-0.39, 0.29) is 11.1 Å². The number of carbonyl (C=O) groups is 2. The van der Waals surface area contributed by atoms with Crippen molar-refractivity contribution in [2.24, 2.45) is 0 Å². The van der Waals surface area contributed by atoms with Crippen molar-refractivity contribution in [2.45, 2.75) is 25.7 Å². The topological polar surface area (TPSA) is 52.6 Å². The molecule has 5 heteroatoms. The number of carbonyl (C=O) groups excluding carboxylic acids is 2. The second kappa shape index (κ2) is 7.92. The van der Waals surface area contributed by atoms with Gasteiger partial charge in [-0.3, -0.25) is 0 Å². The van der Waals surface area contributed by atoms with Crippen molar-refractivity contribution in [1.82, 2.24) is 0 Å². The molecule has 0 aliphatic heterocycles. The molecule has 0 unspecified atom stereocenters. The van der Waals surface area contributed by atoms with Crippen LogP contribution in [0.25, 0.3) is 0 Å². The van der Waals surface area contributed by atoms with Crippen LogP contribution in [0.15, 0.2) is 54.6 Å². The lowest BCUT2D eigenvalue weighted by Gasteiger charge is -2.15. The third-order valence-corrected chi connectivity index (χ3v) is 5.11. The minimum Gasteiger partial charge on any atom is -0.462 e. The Hall–Kier alpha value is -2.40. The summed E-state index contributed by atoms with van der Waals surface area (Å²) in [5.41, 5.74) is 0.438. The Balaban J connectivity index is 2.09. The van der Waals surface area contributed by atoms with E-state index in [1.165, 1.54) is 0 Å². The van der Waals surface area contributed by atoms with E-state index in [4.69, 9.17) is 9.47 Å². The van der Waals surface area contributed by atoms with Crippen molar-refractivity contribution in [1.29, 1.82) is 0 Å². The third-order valence-electron chi connectivity index (χ3n) is 3.41. The van der Waals surface area contributed by atoms with Crippen LogP contribution in [-0.4, -0.2) is 26.6 Å². The van der Waals surface area contributed by atoms with Crippen LogP contribution in [0.4, 0.5) is 0 Å². The van der Waals surface area contributed by atoms with E-state index < -0.39 is 20.0 Å². The van der Waals surface area contributed by atoms with Crippen molar-refractivity contribution < 1.29 is 19.1 Å². The maximum atomic E-state index is 12.3. The Bertz CT molecular complexity index is 705. The molecule has 0 atom stereocenters. The Labute approximate surface area is 143 Å². The number of hydrogen-bond donors (Lipinski definition) is 0. The lowest BCUT2D eigenvalue weighted by Crippen LogP contribution is -2.23. The van der Waals surface area contributed by atoms with E-state index in [1.807, 2.05) is 6.07 Å². The zero-order valence-corrected chi connectivity index (χ0v) is 15.2. The maximum absolute atomic E-state index is 12.3. The summed E-state index contributed by atoms with van der Waals surface area (Å²) in [5, 5.41) is 0. The Morgan fingerprint density at radius 2 is 1.38 bits per heavy atom. The molecule has 0 bridgehead atoms. The smallest absolute Gasteiger partial charge is 0.344 e. The fraction of sp³-hybridized carbons (Fsp3) is 0.263. The molecule has 24 heavy (non-hydrogen) atoms. The van der Waals surface area contributed by atoms with Crippen LogP contribution < -0.4 is 4.74 Å². The molecule has 0 aliphatic rings. The summed E-state index contributed by atoms with van der Waals surface area (Å²) in [7, 11) is -1.28. The minimum absolute atomic E-state index is 0.208. The normalized spacial score (nSPS) is 11.0. The molecule has 0 spiro atoms. The fourth-order valence-corrected chi connectivity index (χ4v) is 2.73. The molecule has 0 fully saturated rings. The van der Waals surface area contributed by atoms with Crippen LogP contribution in [0.1, 0.15) is 20.7 Å². The van der Waals surface area contributed by atoms with Gasteiger partial charge < -0.3 is 9.47 Å². The molecule has 2 aromatic rings. The average molecular weight is 342 g/mol. The van der Waals surface area contributed by atoms with Crippen LogP contribution in [0, 0.1) is 0 Å². The molecule has 0 aromatic heterocycles. The summed E-state index contributed by atoms with van der Waals surface area (Å²) in [6.07, 6.45) is 0. The number of ether oxygens (including phenoxy) is 2. The standard InChI is InChI=1S/C19H22O4Si/c1-24(2,3)14-13-22-18(20)16-11-7-8-12-17(16)19(21)23-15-9-5-4-6-10-15/h4-12H,13-14H2,1-3H3. The Morgan fingerprint density at radius 3 is 1.96 bits per heavy atom. The predicted octanol–water partition coefficient (Wildman–Crippen LogP) is 4.40. The molecule has 0 radical (unpaired) electrons. The van der Waals surface area contributed by atoms with Crippen molar-refractivity contribution in [3.05, 3.63) is 65.7 Å². The van der Waals surface area contributed by atoms with Gasteiger partial charge in [0.25, 0.3) is 0 Å². The molecule has 126 valence electrons. The van der Waals surface area contributed by atoms with Crippen LogP contribution >= 0.6 is 0 Å². The van der Waals surface area contributed by atoms with E-state index in [0.717, 1.165) is 6.04 Å². The zero-order valence-electron chi connectivity index (χ0n) is 14.2. The number of para-hydroxylation sites is 1. The lowest BCUT2D eigenvalue weighted by molar-refractivity contribution is 0.0516. The SMILES string of the molecule is C[Si](C)(C)CCOC(=O)c1ccccc1C(=O)Oc1ccccc1. The van der Waals surface area contributed by atoms with E-state index in [0.29, 0.717) is 12.4 Å². The van der Waals surface area contributed by atoms with Gasteiger partial charge in [-0.05, 0) is 30.3 Å². The highest BCUT2D eigenvalue weighted by Crippen LogP contribution is 2.16. The van der Waals surface area contributed by atoms with Crippen LogP contribution in [0.3, 0.4) is 0 Å². The highest BCUT2D eigenvalue weighted by Gasteiger charge is 2.20. The third kappa shape index (κ3) is 5.35. The van der Waals surface area contributed by atoms with Crippen molar-refractivity contribution >= 4 is 20.0 Å². The van der Waals surface area contributed by atoms with Gasteiger partial charge in [-0.25, -0.2) is 9.59 Å².